The lowest BCUT2D eigenvalue weighted by Gasteiger charge is -2.29. The van der Waals surface area contributed by atoms with E-state index < -0.39 is 0 Å². The minimum Gasteiger partial charge on any atom is -0.371 e. The fraction of sp³-hybridized carbons (Fsp3) is 0.263. The Morgan fingerprint density at radius 3 is 2.86 bits per heavy atom. The van der Waals surface area contributed by atoms with Gasteiger partial charge in [0.15, 0.2) is 0 Å². The molecule has 4 rings (SSSR count). The summed E-state index contributed by atoms with van der Waals surface area (Å²) in [5.41, 5.74) is 2.70. The van der Waals surface area contributed by atoms with Gasteiger partial charge in [-0.05, 0) is 40.4 Å². The SMILES string of the molecule is CNCC1OCC(c2ccc3ccccc3c2)c2sccc21. The van der Waals surface area contributed by atoms with Crippen LogP contribution in [0.5, 0.6) is 0 Å². The Kier molecular flexibility index (Phi) is 3.70. The van der Waals surface area contributed by atoms with E-state index in [1.165, 1.54) is 26.8 Å². The van der Waals surface area contributed by atoms with Gasteiger partial charge in [-0.1, -0.05) is 42.5 Å². The summed E-state index contributed by atoms with van der Waals surface area (Å²) in [7, 11) is 1.98. The summed E-state index contributed by atoms with van der Waals surface area (Å²) in [5, 5.41) is 8.01. The Bertz CT molecular complexity index is 795. The Morgan fingerprint density at radius 1 is 1.14 bits per heavy atom. The predicted molar refractivity (Wildman–Crippen MR) is 92.7 cm³/mol. The highest BCUT2D eigenvalue weighted by Crippen LogP contribution is 2.41. The van der Waals surface area contributed by atoms with Gasteiger partial charge in [-0.3, -0.25) is 0 Å². The van der Waals surface area contributed by atoms with E-state index in [-0.39, 0.29) is 6.10 Å². The third kappa shape index (κ3) is 2.35. The fourth-order valence-corrected chi connectivity index (χ4v) is 4.35. The van der Waals surface area contributed by atoms with Crippen molar-refractivity contribution in [3.05, 3.63) is 69.9 Å². The molecule has 1 aliphatic heterocycles. The van der Waals surface area contributed by atoms with Crippen LogP contribution >= 0.6 is 11.3 Å². The van der Waals surface area contributed by atoms with Crippen molar-refractivity contribution in [2.24, 2.45) is 0 Å². The normalized spacial score (nSPS) is 21.0. The van der Waals surface area contributed by atoms with Gasteiger partial charge in [-0.2, -0.15) is 0 Å². The Morgan fingerprint density at radius 2 is 2.00 bits per heavy atom. The van der Waals surface area contributed by atoms with Crippen LogP contribution in [0.1, 0.15) is 28.0 Å². The summed E-state index contributed by atoms with van der Waals surface area (Å²) >= 11 is 1.86. The number of nitrogens with one attached hydrogen (secondary N) is 1. The molecule has 0 saturated heterocycles. The van der Waals surface area contributed by atoms with Crippen molar-refractivity contribution in [3.63, 3.8) is 0 Å². The van der Waals surface area contributed by atoms with Gasteiger partial charge in [0, 0.05) is 17.3 Å². The number of likely N-dealkylation sites (N-methyl/N-ethyl adjacent to an activating group) is 1. The van der Waals surface area contributed by atoms with Crippen molar-refractivity contribution in [3.8, 4) is 0 Å². The van der Waals surface area contributed by atoms with Crippen LogP contribution in [0.4, 0.5) is 0 Å². The van der Waals surface area contributed by atoms with Gasteiger partial charge in [-0.15, -0.1) is 11.3 Å². The zero-order valence-corrected chi connectivity index (χ0v) is 13.4. The average molecular weight is 309 g/mol. The molecule has 3 aromatic rings. The minimum atomic E-state index is 0.183. The second-order valence-corrected chi connectivity index (χ2v) is 6.73. The molecule has 2 atom stereocenters. The lowest BCUT2D eigenvalue weighted by Crippen LogP contribution is -2.27. The third-order valence-electron chi connectivity index (χ3n) is 4.42. The number of rotatable bonds is 3. The van der Waals surface area contributed by atoms with Gasteiger partial charge in [-0.25, -0.2) is 0 Å². The molecule has 112 valence electrons. The first-order valence-electron chi connectivity index (χ1n) is 7.69. The van der Waals surface area contributed by atoms with Crippen LogP contribution in [0, 0.1) is 0 Å². The van der Waals surface area contributed by atoms with E-state index in [1.54, 1.807) is 0 Å². The van der Waals surface area contributed by atoms with E-state index in [1.807, 2.05) is 18.4 Å². The molecular weight excluding hydrogens is 290 g/mol. The Hall–Kier alpha value is -1.68. The molecule has 0 bridgehead atoms. The van der Waals surface area contributed by atoms with Crippen molar-refractivity contribution >= 4 is 22.1 Å². The molecule has 1 aromatic heterocycles. The number of hydrogen-bond donors (Lipinski definition) is 1. The first-order chi connectivity index (χ1) is 10.9. The van der Waals surface area contributed by atoms with Crippen LogP contribution in [0.3, 0.4) is 0 Å². The first kappa shape index (κ1) is 13.9. The zero-order valence-electron chi connectivity index (χ0n) is 12.6. The lowest BCUT2D eigenvalue weighted by atomic mass is 9.90. The maximum absolute atomic E-state index is 6.13. The smallest absolute Gasteiger partial charge is 0.0960 e. The van der Waals surface area contributed by atoms with Crippen molar-refractivity contribution in [1.82, 2.24) is 5.32 Å². The van der Waals surface area contributed by atoms with Crippen LogP contribution < -0.4 is 5.32 Å². The second-order valence-electron chi connectivity index (χ2n) is 5.78. The average Bonchev–Trinajstić information content (AvgIpc) is 3.05. The van der Waals surface area contributed by atoms with E-state index in [0.717, 1.165) is 13.2 Å². The largest absolute Gasteiger partial charge is 0.371 e. The topological polar surface area (TPSA) is 21.3 Å². The van der Waals surface area contributed by atoms with Gasteiger partial charge in [0.05, 0.1) is 12.7 Å². The number of ether oxygens (including phenoxy) is 1. The monoisotopic (exact) mass is 309 g/mol. The molecule has 1 aliphatic rings. The first-order valence-corrected chi connectivity index (χ1v) is 8.57. The molecule has 1 N–H and O–H groups in total. The number of hydrogen-bond acceptors (Lipinski definition) is 3. The summed E-state index contributed by atoms with van der Waals surface area (Å²) in [6.45, 7) is 1.63. The highest BCUT2D eigenvalue weighted by Gasteiger charge is 2.29. The lowest BCUT2D eigenvalue weighted by molar-refractivity contribution is 0.0367. The van der Waals surface area contributed by atoms with E-state index in [9.17, 15) is 0 Å². The molecule has 0 radical (unpaired) electrons. The summed E-state index contributed by atoms with van der Waals surface area (Å²) < 4.78 is 6.13. The van der Waals surface area contributed by atoms with E-state index in [0.29, 0.717) is 5.92 Å². The maximum Gasteiger partial charge on any atom is 0.0960 e. The molecule has 0 fully saturated rings. The van der Waals surface area contributed by atoms with Crippen LogP contribution in [0.2, 0.25) is 0 Å². The quantitative estimate of drug-likeness (QED) is 0.778. The van der Waals surface area contributed by atoms with Crippen molar-refractivity contribution in [2.45, 2.75) is 12.0 Å². The maximum atomic E-state index is 6.13. The molecular formula is C19H19NOS. The zero-order chi connectivity index (χ0) is 14.9. The van der Waals surface area contributed by atoms with Crippen LogP contribution in [-0.2, 0) is 4.74 Å². The van der Waals surface area contributed by atoms with Crippen molar-refractivity contribution < 1.29 is 4.74 Å². The molecule has 0 saturated carbocycles. The molecule has 3 heteroatoms. The summed E-state index contributed by atoms with van der Waals surface area (Å²) in [5.74, 6) is 0.354. The third-order valence-corrected chi connectivity index (χ3v) is 5.47. The van der Waals surface area contributed by atoms with Gasteiger partial charge in [0.2, 0.25) is 0 Å². The molecule has 0 amide bonds. The van der Waals surface area contributed by atoms with Crippen molar-refractivity contribution in [2.75, 3.05) is 20.2 Å². The van der Waals surface area contributed by atoms with Crippen molar-refractivity contribution in [1.29, 1.82) is 0 Å². The summed E-state index contributed by atoms with van der Waals surface area (Å²) in [4.78, 5) is 1.46. The van der Waals surface area contributed by atoms with E-state index in [2.05, 4.69) is 59.2 Å². The number of benzene rings is 2. The Balaban J connectivity index is 1.74. The molecule has 2 unspecified atom stereocenters. The van der Waals surface area contributed by atoms with Gasteiger partial charge >= 0.3 is 0 Å². The second kappa shape index (κ2) is 5.84. The van der Waals surface area contributed by atoms with E-state index >= 15 is 0 Å². The summed E-state index contributed by atoms with van der Waals surface area (Å²) in [6, 6.07) is 17.5. The standard InChI is InChI=1S/C19H19NOS/c1-20-11-18-16-8-9-22-19(16)17(12-21-18)15-7-6-13-4-2-3-5-14(13)10-15/h2-10,17-18,20H,11-12H2,1H3. The molecule has 0 aliphatic carbocycles. The predicted octanol–water partition coefficient (Wildman–Crippen LogP) is 4.32. The number of thiophene rings is 1. The highest BCUT2D eigenvalue weighted by molar-refractivity contribution is 7.10. The van der Waals surface area contributed by atoms with Gasteiger partial charge < -0.3 is 10.1 Å². The molecule has 22 heavy (non-hydrogen) atoms. The van der Waals surface area contributed by atoms with Gasteiger partial charge in [0.25, 0.3) is 0 Å². The molecule has 2 nitrogen and oxygen atoms in total. The summed E-state index contributed by atoms with van der Waals surface area (Å²) in [6.07, 6.45) is 0.183. The minimum absolute atomic E-state index is 0.183. The van der Waals surface area contributed by atoms with Crippen LogP contribution in [-0.4, -0.2) is 20.2 Å². The molecule has 2 heterocycles. The van der Waals surface area contributed by atoms with E-state index in [4.69, 9.17) is 4.74 Å². The van der Waals surface area contributed by atoms with Crippen LogP contribution in [0.25, 0.3) is 10.8 Å². The van der Waals surface area contributed by atoms with Gasteiger partial charge in [0.1, 0.15) is 0 Å². The number of fused-ring (bicyclic) bond motifs is 2. The molecule has 2 aromatic carbocycles. The highest BCUT2D eigenvalue weighted by atomic mass is 32.1. The Labute approximate surface area is 134 Å². The van der Waals surface area contributed by atoms with Crippen LogP contribution in [0.15, 0.2) is 53.9 Å². The fourth-order valence-electron chi connectivity index (χ4n) is 3.28. The molecule has 0 spiro atoms.